The van der Waals surface area contributed by atoms with Crippen LogP contribution in [0.25, 0.3) is 10.9 Å². The van der Waals surface area contributed by atoms with Crippen molar-refractivity contribution in [1.82, 2.24) is 30.2 Å². The summed E-state index contributed by atoms with van der Waals surface area (Å²) in [4.78, 5) is 58.4. The van der Waals surface area contributed by atoms with Crippen LogP contribution in [-0.4, -0.2) is 105 Å². The van der Waals surface area contributed by atoms with Crippen LogP contribution in [-0.2, 0) is 27.3 Å². The molecule has 346 valence electrons. The molecule has 9 rings (SSSR count). The summed E-state index contributed by atoms with van der Waals surface area (Å²) in [5, 5.41) is 10.2. The van der Waals surface area contributed by atoms with Crippen LogP contribution in [0.1, 0.15) is 135 Å². The van der Waals surface area contributed by atoms with E-state index in [1.54, 1.807) is 29.3 Å². The molecule has 3 aromatic carbocycles. The number of likely N-dealkylation sites (tertiary alicyclic amines) is 1. The van der Waals surface area contributed by atoms with Gasteiger partial charge in [0.25, 0.3) is 12.3 Å². The summed E-state index contributed by atoms with van der Waals surface area (Å²) in [5.74, 6) is -1.95. The molecule has 4 atom stereocenters. The molecule has 0 aliphatic carbocycles. The molecule has 2 unspecified atom stereocenters. The number of unbranched alkanes of at least 4 members (excludes halogenated alkanes) is 3. The average Bonchev–Trinajstić information content (AvgIpc) is 3.89. The maximum atomic E-state index is 16.3. The van der Waals surface area contributed by atoms with Crippen LogP contribution < -0.4 is 15.0 Å². The Bertz CT molecular complexity index is 2480. The smallest absolute Gasteiger partial charge is 0.255 e. The second-order valence-corrected chi connectivity index (χ2v) is 18.9. The number of halogens is 4. The van der Waals surface area contributed by atoms with Gasteiger partial charge >= 0.3 is 0 Å². The molecule has 2 N–H and O–H groups in total. The van der Waals surface area contributed by atoms with Gasteiger partial charge in [0.1, 0.15) is 30.0 Å². The number of alkyl halides is 2. The first-order valence-corrected chi connectivity index (χ1v) is 23.2. The quantitative estimate of drug-likeness (QED) is 0.0787. The van der Waals surface area contributed by atoms with E-state index < -0.39 is 48.6 Å². The Morgan fingerprint density at radius 2 is 1.75 bits per heavy atom. The Kier molecular flexibility index (Phi) is 12.4. The van der Waals surface area contributed by atoms with Gasteiger partial charge < -0.3 is 19.4 Å². The number of hydrogen-bond acceptors (Lipinski definition) is 8. The number of imide groups is 1. The van der Waals surface area contributed by atoms with E-state index in [-0.39, 0.29) is 41.2 Å². The highest BCUT2D eigenvalue weighted by molar-refractivity contribution is 6.06. The second-order valence-electron chi connectivity index (χ2n) is 18.9. The molecule has 65 heavy (non-hydrogen) atoms. The number of piperidine rings is 2. The van der Waals surface area contributed by atoms with E-state index in [0.717, 1.165) is 66.4 Å². The minimum Gasteiger partial charge on any atom is -0.489 e. The normalized spacial score (nSPS) is 23.8. The number of H-pyrrole nitrogens is 1. The number of rotatable bonds is 13. The van der Waals surface area contributed by atoms with Gasteiger partial charge in [0.05, 0.1) is 35.5 Å². The van der Waals surface area contributed by atoms with Crippen LogP contribution in [0, 0.1) is 11.6 Å². The standard InChI is InChI=1S/C49H57F4N7O5/c1-4-49(3)27-65-41-23-33-31(25-59(48(33)64)39-12-13-43(61)55-47(39)63)22-40(41)60(49)16-8-6-5-7-9-44(62)57-17-14-29(15-18-57)30-20-36(50)45(37(51)21-30)46-32-10-11-38-35(24-54-56-38)34(32)19-28(2)58(46)26-42(52)53/h10-11,20-24,28-29,39,42,46H,4-9,12-19,25-27H2,1-3H3,(H,54,56)(H,55,61,63)/t28-,39?,46?,49+/m1/s1. The van der Waals surface area contributed by atoms with Crippen molar-refractivity contribution in [3.8, 4) is 5.75 Å². The molecule has 5 aliphatic heterocycles. The molecule has 12 nitrogen and oxygen atoms in total. The molecule has 6 heterocycles. The summed E-state index contributed by atoms with van der Waals surface area (Å²) in [6.45, 7) is 7.99. The third-order valence-electron chi connectivity index (χ3n) is 14.9. The molecule has 4 amide bonds. The summed E-state index contributed by atoms with van der Waals surface area (Å²) in [5.41, 5.74) is 4.53. The fourth-order valence-corrected chi connectivity index (χ4v) is 11.0. The number of anilines is 1. The van der Waals surface area contributed by atoms with Gasteiger partial charge in [-0.15, -0.1) is 0 Å². The minimum atomic E-state index is -2.68. The number of nitrogens with zero attached hydrogens (tertiary/aromatic N) is 5. The van der Waals surface area contributed by atoms with E-state index >= 15 is 8.78 Å². The van der Waals surface area contributed by atoms with Crippen molar-refractivity contribution in [2.24, 2.45) is 0 Å². The first kappa shape index (κ1) is 44.7. The number of aromatic nitrogens is 2. The average molecular weight is 900 g/mol. The number of carbonyl (C=O) groups is 4. The zero-order valence-corrected chi connectivity index (χ0v) is 37.2. The molecular weight excluding hydrogens is 843 g/mol. The Labute approximate surface area is 376 Å². The summed E-state index contributed by atoms with van der Waals surface area (Å²) in [7, 11) is 0. The molecule has 0 spiro atoms. The maximum absolute atomic E-state index is 16.3. The zero-order chi connectivity index (χ0) is 45.7. The molecule has 0 bridgehead atoms. The van der Waals surface area contributed by atoms with Gasteiger partial charge in [0.15, 0.2) is 0 Å². The van der Waals surface area contributed by atoms with Gasteiger partial charge in [0.2, 0.25) is 17.7 Å². The van der Waals surface area contributed by atoms with Crippen LogP contribution in [0.2, 0.25) is 0 Å². The van der Waals surface area contributed by atoms with E-state index in [9.17, 15) is 28.0 Å². The lowest BCUT2D eigenvalue weighted by molar-refractivity contribution is -0.137. The lowest BCUT2D eigenvalue weighted by atomic mass is 9.82. The van der Waals surface area contributed by atoms with Crippen molar-refractivity contribution in [1.29, 1.82) is 0 Å². The predicted octanol–water partition coefficient (Wildman–Crippen LogP) is 7.93. The Morgan fingerprint density at radius 3 is 2.48 bits per heavy atom. The number of hydrogen-bond donors (Lipinski definition) is 2. The van der Waals surface area contributed by atoms with Crippen molar-refractivity contribution in [2.45, 2.75) is 134 Å². The van der Waals surface area contributed by atoms with E-state index in [0.29, 0.717) is 80.8 Å². The number of nitrogens with one attached hydrogen (secondary N) is 2. The number of carbonyl (C=O) groups excluding carboxylic acids is 4. The van der Waals surface area contributed by atoms with Crippen LogP contribution in [0.5, 0.6) is 5.75 Å². The third-order valence-corrected chi connectivity index (χ3v) is 14.9. The number of fused-ring (bicyclic) bond motifs is 5. The van der Waals surface area contributed by atoms with Gasteiger partial charge in [-0.2, -0.15) is 5.10 Å². The van der Waals surface area contributed by atoms with E-state index in [2.05, 4.69) is 34.3 Å². The molecule has 0 radical (unpaired) electrons. The van der Waals surface area contributed by atoms with Crippen molar-refractivity contribution in [2.75, 3.05) is 37.7 Å². The number of aromatic amines is 1. The first-order valence-electron chi connectivity index (χ1n) is 23.2. The summed E-state index contributed by atoms with van der Waals surface area (Å²) < 4.78 is 66.6. The molecule has 4 aromatic rings. The lowest BCUT2D eigenvalue weighted by Crippen LogP contribution is -2.53. The SMILES string of the molecule is CC[C@@]1(C)COc2cc3c(cc2N1CCCCCCC(=O)N1CCC(c2cc(F)c(C4c5ccc6[nH]ncc6c5C[C@@H](C)N4CC(F)F)c(F)c2)CC1)CN(C1CCC(=O)NC1=O)C3=O. The summed E-state index contributed by atoms with van der Waals surface area (Å²) in [6.07, 6.45) is 5.74. The predicted molar refractivity (Wildman–Crippen MR) is 236 cm³/mol. The van der Waals surface area contributed by atoms with Crippen molar-refractivity contribution in [3.63, 3.8) is 0 Å². The molecule has 1 aromatic heterocycles. The minimum absolute atomic E-state index is 0.0718. The zero-order valence-electron chi connectivity index (χ0n) is 37.2. The third kappa shape index (κ3) is 8.47. The topological polar surface area (TPSA) is 131 Å². The van der Waals surface area contributed by atoms with Crippen LogP contribution in [0.3, 0.4) is 0 Å². The fourth-order valence-electron chi connectivity index (χ4n) is 11.0. The monoisotopic (exact) mass is 899 g/mol. The number of ether oxygens (including phenoxy) is 1. The number of benzene rings is 3. The highest BCUT2D eigenvalue weighted by atomic mass is 19.3. The molecule has 2 fully saturated rings. The molecular formula is C49H57F4N7O5. The Balaban J connectivity index is 0.778. The second kappa shape index (κ2) is 18.0. The van der Waals surface area contributed by atoms with Crippen LogP contribution in [0.15, 0.2) is 42.6 Å². The molecule has 5 aliphatic rings. The van der Waals surface area contributed by atoms with Crippen molar-refractivity contribution < 1.29 is 41.5 Å². The largest absolute Gasteiger partial charge is 0.489 e. The van der Waals surface area contributed by atoms with E-state index in [1.165, 1.54) is 17.0 Å². The highest BCUT2D eigenvalue weighted by Crippen LogP contribution is 2.45. The van der Waals surface area contributed by atoms with Crippen molar-refractivity contribution in [3.05, 3.63) is 87.6 Å². The van der Waals surface area contributed by atoms with Gasteiger partial charge in [0, 0.05) is 61.6 Å². The maximum Gasteiger partial charge on any atom is 0.255 e. The van der Waals surface area contributed by atoms with Gasteiger partial charge in [-0.25, -0.2) is 17.6 Å². The van der Waals surface area contributed by atoms with E-state index in [4.69, 9.17) is 4.74 Å². The Morgan fingerprint density at radius 1 is 1.00 bits per heavy atom. The molecule has 16 heteroatoms. The van der Waals surface area contributed by atoms with Crippen molar-refractivity contribution >= 4 is 40.2 Å². The highest BCUT2D eigenvalue weighted by Gasteiger charge is 2.43. The van der Waals surface area contributed by atoms with Gasteiger partial charge in [-0.1, -0.05) is 25.8 Å². The summed E-state index contributed by atoms with van der Waals surface area (Å²) in [6, 6.07) is 7.96. The fraction of sp³-hybridized carbons (Fsp3) is 0.531. The lowest BCUT2D eigenvalue weighted by Gasteiger charge is -2.46. The Hall–Kier alpha value is -5.51. The molecule has 0 saturated carbocycles. The summed E-state index contributed by atoms with van der Waals surface area (Å²) >= 11 is 0. The van der Waals surface area contributed by atoms with E-state index in [1.807, 2.05) is 17.9 Å². The first-order chi connectivity index (χ1) is 31.2. The van der Waals surface area contributed by atoms with Crippen LogP contribution >= 0.6 is 0 Å². The van der Waals surface area contributed by atoms with Crippen LogP contribution in [0.4, 0.5) is 23.2 Å². The molecule has 2 saturated heterocycles. The van der Waals surface area contributed by atoms with Gasteiger partial charge in [-0.05, 0) is 117 Å². The van der Waals surface area contributed by atoms with Gasteiger partial charge in [-0.3, -0.25) is 34.5 Å². The number of amides is 4.